The third kappa shape index (κ3) is 3.76. The highest BCUT2D eigenvalue weighted by molar-refractivity contribution is 5.79. The highest BCUT2D eigenvalue weighted by atomic mass is 16.1. The van der Waals surface area contributed by atoms with E-state index in [1.54, 1.807) is 7.05 Å². The van der Waals surface area contributed by atoms with Crippen LogP contribution in [0.3, 0.4) is 0 Å². The molecule has 0 unspecified atom stereocenters. The van der Waals surface area contributed by atoms with Crippen LogP contribution in [0.25, 0.3) is 0 Å². The summed E-state index contributed by atoms with van der Waals surface area (Å²) in [6.45, 7) is 0. The zero-order valence-electron chi connectivity index (χ0n) is 10.4. The van der Waals surface area contributed by atoms with E-state index in [0.717, 1.165) is 12.8 Å². The average Bonchev–Trinajstić information content (AvgIpc) is 2.76. The molecule has 0 saturated heterocycles. The zero-order chi connectivity index (χ0) is 12.8. The van der Waals surface area contributed by atoms with Crippen molar-refractivity contribution in [2.24, 2.45) is 7.05 Å². The summed E-state index contributed by atoms with van der Waals surface area (Å²) in [5.74, 6) is 0.668. The first-order valence-corrected chi connectivity index (χ1v) is 6.02. The Morgan fingerprint density at radius 1 is 1.28 bits per heavy atom. The van der Waals surface area contributed by atoms with E-state index in [0.29, 0.717) is 12.2 Å². The number of carbonyl (C=O) groups excluding carboxylic acids is 1. The van der Waals surface area contributed by atoms with Gasteiger partial charge in [0.05, 0.1) is 13.5 Å². The van der Waals surface area contributed by atoms with E-state index in [1.165, 1.54) is 10.4 Å². The van der Waals surface area contributed by atoms with Gasteiger partial charge in [0.1, 0.15) is 5.78 Å². The Bertz CT molecular complexity index is 507. The second-order valence-electron chi connectivity index (χ2n) is 4.25. The molecular weight excluding hydrogens is 228 g/mol. The topological polar surface area (TPSA) is 60.7 Å². The predicted octanol–water partition coefficient (Wildman–Crippen LogP) is 1.34. The van der Waals surface area contributed by atoms with E-state index in [-0.39, 0.29) is 12.2 Å². The quantitative estimate of drug-likeness (QED) is 0.769. The van der Waals surface area contributed by atoms with Gasteiger partial charge in [-0.15, -0.1) is 10.2 Å². The number of nitrogens with zero attached hydrogens (tertiary/aromatic N) is 4. The van der Waals surface area contributed by atoms with Crippen LogP contribution in [0.5, 0.6) is 0 Å². The number of hydrogen-bond donors (Lipinski definition) is 0. The summed E-state index contributed by atoms with van der Waals surface area (Å²) in [6.07, 6.45) is 2.64. The minimum Gasteiger partial charge on any atom is -0.299 e. The fourth-order valence-electron chi connectivity index (χ4n) is 1.79. The molecule has 0 atom stereocenters. The SMILES string of the molecule is Cn1nnc(CC(=O)CCCc2ccccc2)n1. The molecule has 2 rings (SSSR count). The highest BCUT2D eigenvalue weighted by Gasteiger charge is 2.08. The van der Waals surface area contributed by atoms with Gasteiger partial charge in [-0.1, -0.05) is 30.3 Å². The molecule has 0 radical (unpaired) electrons. The van der Waals surface area contributed by atoms with Gasteiger partial charge in [-0.05, 0) is 23.6 Å². The van der Waals surface area contributed by atoms with Crippen LogP contribution in [-0.4, -0.2) is 26.0 Å². The summed E-state index contributed by atoms with van der Waals surface area (Å²) in [6, 6.07) is 10.2. The smallest absolute Gasteiger partial charge is 0.182 e. The Morgan fingerprint density at radius 2 is 2.06 bits per heavy atom. The number of ketones is 1. The van der Waals surface area contributed by atoms with Crippen molar-refractivity contribution in [3.8, 4) is 0 Å². The van der Waals surface area contributed by atoms with Crippen LogP contribution >= 0.6 is 0 Å². The third-order valence-corrected chi connectivity index (χ3v) is 2.67. The monoisotopic (exact) mass is 244 g/mol. The summed E-state index contributed by atoms with van der Waals surface area (Å²) in [7, 11) is 1.69. The van der Waals surface area contributed by atoms with Gasteiger partial charge in [0.15, 0.2) is 5.82 Å². The molecule has 0 amide bonds. The zero-order valence-corrected chi connectivity index (χ0v) is 10.4. The van der Waals surface area contributed by atoms with Gasteiger partial charge in [-0.3, -0.25) is 4.79 Å². The predicted molar refractivity (Wildman–Crippen MR) is 66.9 cm³/mol. The molecule has 5 heteroatoms. The van der Waals surface area contributed by atoms with E-state index >= 15 is 0 Å². The molecule has 0 aliphatic carbocycles. The molecule has 1 aromatic carbocycles. The molecule has 5 nitrogen and oxygen atoms in total. The van der Waals surface area contributed by atoms with Crippen LogP contribution in [0, 0.1) is 0 Å². The van der Waals surface area contributed by atoms with Gasteiger partial charge >= 0.3 is 0 Å². The van der Waals surface area contributed by atoms with E-state index < -0.39 is 0 Å². The molecule has 2 aromatic rings. The van der Waals surface area contributed by atoms with E-state index in [9.17, 15) is 4.79 Å². The normalized spacial score (nSPS) is 10.5. The van der Waals surface area contributed by atoms with Gasteiger partial charge in [0.2, 0.25) is 0 Å². The molecule has 0 aliphatic heterocycles. The molecule has 18 heavy (non-hydrogen) atoms. The summed E-state index contributed by atoms with van der Waals surface area (Å²) in [5, 5.41) is 11.5. The number of benzene rings is 1. The number of aromatic nitrogens is 4. The van der Waals surface area contributed by atoms with Gasteiger partial charge < -0.3 is 0 Å². The average molecular weight is 244 g/mol. The van der Waals surface area contributed by atoms with Crippen molar-refractivity contribution in [3.63, 3.8) is 0 Å². The van der Waals surface area contributed by atoms with Crippen LogP contribution in [0.1, 0.15) is 24.2 Å². The van der Waals surface area contributed by atoms with Crippen molar-refractivity contribution in [1.82, 2.24) is 20.2 Å². The van der Waals surface area contributed by atoms with Crippen LogP contribution in [0.2, 0.25) is 0 Å². The lowest BCUT2D eigenvalue weighted by molar-refractivity contribution is -0.118. The van der Waals surface area contributed by atoms with Crippen LogP contribution < -0.4 is 0 Å². The number of Topliss-reactive ketones (excluding diaryl/α,β-unsaturated/α-hetero) is 1. The lowest BCUT2D eigenvalue weighted by Gasteiger charge is -2.00. The summed E-state index contributed by atoms with van der Waals surface area (Å²) in [5.41, 5.74) is 1.27. The Balaban J connectivity index is 1.72. The van der Waals surface area contributed by atoms with Gasteiger partial charge in [-0.2, -0.15) is 4.80 Å². The van der Waals surface area contributed by atoms with Crippen LogP contribution in [-0.2, 0) is 24.7 Å². The second-order valence-corrected chi connectivity index (χ2v) is 4.25. The number of aryl methyl sites for hydroxylation is 2. The highest BCUT2D eigenvalue weighted by Crippen LogP contribution is 2.05. The summed E-state index contributed by atoms with van der Waals surface area (Å²) in [4.78, 5) is 13.1. The van der Waals surface area contributed by atoms with Crippen molar-refractivity contribution in [2.45, 2.75) is 25.7 Å². The molecule has 1 heterocycles. The minimum absolute atomic E-state index is 0.166. The Morgan fingerprint density at radius 3 is 2.72 bits per heavy atom. The minimum atomic E-state index is 0.166. The first-order valence-electron chi connectivity index (χ1n) is 6.02. The number of tetrazole rings is 1. The number of carbonyl (C=O) groups is 1. The fourth-order valence-corrected chi connectivity index (χ4v) is 1.79. The molecule has 0 N–H and O–H groups in total. The van der Waals surface area contributed by atoms with E-state index in [1.807, 2.05) is 18.2 Å². The molecule has 0 spiro atoms. The van der Waals surface area contributed by atoms with Crippen molar-refractivity contribution in [1.29, 1.82) is 0 Å². The third-order valence-electron chi connectivity index (χ3n) is 2.67. The molecule has 0 fully saturated rings. The molecular formula is C13H16N4O. The van der Waals surface area contributed by atoms with Crippen molar-refractivity contribution in [2.75, 3.05) is 0 Å². The standard InChI is InChI=1S/C13H16N4O/c1-17-15-13(14-16-17)10-12(18)9-5-8-11-6-3-2-4-7-11/h2-4,6-7H,5,8-10H2,1H3. The van der Waals surface area contributed by atoms with Crippen molar-refractivity contribution in [3.05, 3.63) is 41.7 Å². The van der Waals surface area contributed by atoms with Crippen LogP contribution in [0.15, 0.2) is 30.3 Å². The van der Waals surface area contributed by atoms with Crippen molar-refractivity contribution < 1.29 is 4.79 Å². The number of hydrogen-bond acceptors (Lipinski definition) is 4. The fraction of sp³-hybridized carbons (Fsp3) is 0.385. The summed E-state index contributed by atoms with van der Waals surface area (Å²) >= 11 is 0. The first kappa shape index (κ1) is 12.4. The number of rotatable bonds is 6. The lowest BCUT2D eigenvalue weighted by Crippen LogP contribution is -2.05. The Labute approximate surface area is 106 Å². The van der Waals surface area contributed by atoms with Gasteiger partial charge in [0.25, 0.3) is 0 Å². The van der Waals surface area contributed by atoms with E-state index in [4.69, 9.17) is 0 Å². The maximum absolute atomic E-state index is 11.7. The largest absolute Gasteiger partial charge is 0.299 e. The van der Waals surface area contributed by atoms with Crippen molar-refractivity contribution >= 4 is 5.78 Å². The van der Waals surface area contributed by atoms with Crippen LogP contribution in [0.4, 0.5) is 0 Å². The Kier molecular flexibility index (Phi) is 4.17. The lowest BCUT2D eigenvalue weighted by atomic mass is 10.1. The van der Waals surface area contributed by atoms with E-state index in [2.05, 4.69) is 27.5 Å². The Hall–Kier alpha value is -2.04. The second kappa shape index (κ2) is 6.05. The molecule has 1 aromatic heterocycles. The van der Waals surface area contributed by atoms with Gasteiger partial charge in [-0.25, -0.2) is 0 Å². The maximum atomic E-state index is 11.7. The molecule has 0 aliphatic rings. The molecule has 94 valence electrons. The maximum Gasteiger partial charge on any atom is 0.182 e. The summed E-state index contributed by atoms with van der Waals surface area (Å²) < 4.78 is 0. The van der Waals surface area contributed by atoms with Gasteiger partial charge in [0, 0.05) is 6.42 Å². The molecule has 0 bridgehead atoms. The first-order chi connectivity index (χ1) is 8.74. The molecule has 0 saturated carbocycles.